The van der Waals surface area contributed by atoms with Gasteiger partial charge in [-0.25, -0.2) is 14.8 Å². The Morgan fingerprint density at radius 3 is 2.76 bits per heavy atom. The topological polar surface area (TPSA) is 58.1 Å². The first kappa shape index (κ1) is 17.9. The quantitative estimate of drug-likeness (QED) is 0.477. The predicted octanol–water partition coefficient (Wildman–Crippen LogP) is 5.03. The number of rotatable bonds is 3. The van der Waals surface area contributed by atoms with E-state index in [1.807, 2.05) is 17.6 Å². The molecule has 4 aromatic rings. The van der Waals surface area contributed by atoms with Crippen LogP contribution in [0.4, 0.5) is 10.6 Å². The number of carbonyl (C=O) groups excluding carboxylic acids is 1. The lowest BCUT2D eigenvalue weighted by molar-refractivity contribution is 0.164. The maximum atomic E-state index is 12.3. The number of terminal acetylenes is 1. The molecule has 2 aromatic carbocycles. The summed E-state index contributed by atoms with van der Waals surface area (Å²) in [5.41, 5.74) is 6.56. The lowest BCUT2D eigenvalue weighted by Gasteiger charge is -2.39. The fourth-order valence-electron chi connectivity index (χ4n) is 3.49. The van der Waals surface area contributed by atoms with E-state index >= 15 is 0 Å². The average molecular weight is 417 g/mol. The van der Waals surface area contributed by atoms with Crippen molar-refractivity contribution >= 4 is 44.7 Å². The first-order valence-electron chi connectivity index (χ1n) is 9.12. The number of amides is 2. The van der Waals surface area contributed by atoms with Gasteiger partial charge in [-0.15, -0.1) is 29.1 Å². The molecule has 0 unspecified atom stereocenters. The highest BCUT2D eigenvalue weighted by atomic mass is 32.1. The van der Waals surface area contributed by atoms with Crippen molar-refractivity contribution < 1.29 is 4.79 Å². The van der Waals surface area contributed by atoms with Gasteiger partial charge < -0.3 is 4.90 Å². The van der Waals surface area contributed by atoms with E-state index in [1.54, 1.807) is 21.6 Å². The molecule has 0 atom stereocenters. The number of nitrogens with one attached hydrogen (secondary N) is 1. The van der Waals surface area contributed by atoms with E-state index in [4.69, 9.17) is 6.42 Å². The molecule has 0 saturated carbocycles. The van der Waals surface area contributed by atoms with Crippen molar-refractivity contribution in [3.05, 3.63) is 63.9 Å². The Morgan fingerprint density at radius 1 is 1.17 bits per heavy atom. The molecule has 3 heterocycles. The van der Waals surface area contributed by atoms with E-state index in [0.717, 1.165) is 5.52 Å². The molecule has 0 radical (unpaired) electrons. The van der Waals surface area contributed by atoms with Crippen LogP contribution in [0.3, 0.4) is 0 Å². The summed E-state index contributed by atoms with van der Waals surface area (Å²) in [4.78, 5) is 22.7. The third-order valence-electron chi connectivity index (χ3n) is 5.08. The molecule has 1 saturated heterocycles. The molecule has 5 nitrogen and oxygen atoms in total. The van der Waals surface area contributed by atoms with Gasteiger partial charge in [-0.1, -0.05) is 36.4 Å². The van der Waals surface area contributed by atoms with Crippen LogP contribution < -0.4 is 5.32 Å². The van der Waals surface area contributed by atoms with E-state index in [0.29, 0.717) is 29.8 Å². The fourth-order valence-corrected chi connectivity index (χ4v) is 4.87. The zero-order chi connectivity index (χ0) is 19.8. The number of hydrogen-bond donors (Lipinski definition) is 1. The van der Waals surface area contributed by atoms with Crippen molar-refractivity contribution in [1.82, 2.24) is 14.9 Å². The standard InChI is InChI=1S/C22H16N4OS2/c1-2-20-24-19(12-28-20)25-22(27)26-10-16(11-26)14-6-8-15(9-7-14)17-4-3-5-18-21(17)29-13-23-18/h1,3-9,12-13,16H,10-11H2,(H,25,27). The molecular weight excluding hydrogens is 400 g/mol. The fraction of sp³-hybridized carbons (Fsp3) is 0.136. The normalized spacial score (nSPS) is 13.8. The molecule has 29 heavy (non-hydrogen) atoms. The van der Waals surface area contributed by atoms with Crippen molar-refractivity contribution in [2.45, 2.75) is 5.92 Å². The number of anilines is 1. The minimum Gasteiger partial charge on any atom is -0.323 e. The largest absolute Gasteiger partial charge is 0.323 e. The average Bonchev–Trinajstić information content (AvgIpc) is 3.36. The Hall–Kier alpha value is -3.21. The highest BCUT2D eigenvalue weighted by Crippen LogP contribution is 2.33. The van der Waals surface area contributed by atoms with Crippen LogP contribution in [0.1, 0.15) is 16.5 Å². The van der Waals surface area contributed by atoms with Crippen LogP contribution in [0.5, 0.6) is 0 Å². The van der Waals surface area contributed by atoms with Crippen LogP contribution in [0.25, 0.3) is 21.3 Å². The minimum atomic E-state index is -0.136. The molecule has 142 valence electrons. The molecule has 1 N–H and O–H groups in total. The predicted molar refractivity (Wildman–Crippen MR) is 118 cm³/mol. The molecule has 1 fully saturated rings. The molecule has 5 rings (SSSR count). The van der Waals surface area contributed by atoms with E-state index < -0.39 is 0 Å². The van der Waals surface area contributed by atoms with Gasteiger partial charge >= 0.3 is 6.03 Å². The van der Waals surface area contributed by atoms with E-state index in [2.05, 4.69) is 51.5 Å². The second-order valence-electron chi connectivity index (χ2n) is 6.84. The summed E-state index contributed by atoms with van der Waals surface area (Å²) in [5, 5.41) is 5.12. The first-order valence-corrected chi connectivity index (χ1v) is 10.9. The number of nitrogens with zero attached hydrogens (tertiary/aromatic N) is 3. The lowest BCUT2D eigenvalue weighted by Crippen LogP contribution is -2.50. The minimum absolute atomic E-state index is 0.136. The summed E-state index contributed by atoms with van der Waals surface area (Å²) < 4.78 is 1.21. The molecule has 0 aliphatic carbocycles. The molecule has 1 aliphatic rings. The van der Waals surface area contributed by atoms with Crippen molar-refractivity contribution in [2.75, 3.05) is 18.4 Å². The van der Waals surface area contributed by atoms with Crippen molar-refractivity contribution in [3.8, 4) is 23.5 Å². The maximum Gasteiger partial charge on any atom is 0.323 e. The van der Waals surface area contributed by atoms with Crippen LogP contribution in [0.15, 0.2) is 53.4 Å². The molecule has 0 bridgehead atoms. The molecule has 7 heteroatoms. The maximum absolute atomic E-state index is 12.3. The van der Waals surface area contributed by atoms with Gasteiger partial charge in [-0.2, -0.15) is 0 Å². The van der Waals surface area contributed by atoms with Gasteiger partial charge in [0.05, 0.1) is 15.7 Å². The third kappa shape index (κ3) is 3.37. The number of fused-ring (bicyclic) bond motifs is 1. The van der Waals surface area contributed by atoms with Crippen LogP contribution in [-0.4, -0.2) is 34.0 Å². The van der Waals surface area contributed by atoms with Gasteiger partial charge in [-0.05, 0) is 23.1 Å². The van der Waals surface area contributed by atoms with E-state index in [9.17, 15) is 4.79 Å². The summed E-state index contributed by atoms with van der Waals surface area (Å²) >= 11 is 3.01. The number of hydrogen-bond acceptors (Lipinski definition) is 5. The summed E-state index contributed by atoms with van der Waals surface area (Å²) in [6, 6.07) is 14.7. The lowest BCUT2D eigenvalue weighted by atomic mass is 9.90. The molecule has 2 amide bonds. The van der Waals surface area contributed by atoms with Gasteiger partial charge in [0.15, 0.2) is 5.01 Å². The van der Waals surface area contributed by atoms with Gasteiger partial charge in [0.25, 0.3) is 0 Å². The zero-order valence-electron chi connectivity index (χ0n) is 15.3. The number of carbonyl (C=O) groups is 1. The first-order chi connectivity index (χ1) is 14.2. The molecular formula is C22H16N4OS2. The summed E-state index contributed by atoms with van der Waals surface area (Å²) in [7, 11) is 0. The Labute approximate surface area is 176 Å². The van der Waals surface area contributed by atoms with Crippen molar-refractivity contribution in [3.63, 3.8) is 0 Å². The van der Waals surface area contributed by atoms with Crippen molar-refractivity contribution in [1.29, 1.82) is 0 Å². The van der Waals surface area contributed by atoms with Gasteiger partial charge in [0, 0.05) is 30.0 Å². The molecule has 1 aliphatic heterocycles. The van der Waals surface area contributed by atoms with Gasteiger partial charge in [0.2, 0.25) is 0 Å². The number of aromatic nitrogens is 2. The third-order valence-corrected chi connectivity index (χ3v) is 6.73. The Balaban J connectivity index is 1.24. The van der Waals surface area contributed by atoms with Crippen molar-refractivity contribution in [2.24, 2.45) is 0 Å². The van der Waals surface area contributed by atoms with E-state index in [1.165, 1.54) is 32.7 Å². The Kier molecular flexibility index (Phi) is 4.51. The second kappa shape index (κ2) is 7.32. The summed E-state index contributed by atoms with van der Waals surface area (Å²) in [6.45, 7) is 1.39. The van der Waals surface area contributed by atoms with Gasteiger partial charge in [0.1, 0.15) is 5.82 Å². The highest BCUT2D eigenvalue weighted by molar-refractivity contribution is 7.17. The summed E-state index contributed by atoms with van der Waals surface area (Å²) in [5.74, 6) is 3.34. The van der Waals surface area contributed by atoms with Crippen LogP contribution >= 0.6 is 22.7 Å². The number of likely N-dealkylation sites (tertiary alicyclic amines) is 1. The van der Waals surface area contributed by atoms with Gasteiger partial charge in [-0.3, -0.25) is 5.32 Å². The number of thiazole rings is 2. The summed E-state index contributed by atoms with van der Waals surface area (Å²) in [6.07, 6.45) is 5.32. The van der Waals surface area contributed by atoms with Crippen LogP contribution in [0.2, 0.25) is 0 Å². The Morgan fingerprint density at radius 2 is 2.00 bits per heavy atom. The highest BCUT2D eigenvalue weighted by Gasteiger charge is 2.32. The number of benzene rings is 2. The van der Waals surface area contributed by atoms with Crippen LogP contribution in [0, 0.1) is 12.3 Å². The molecule has 0 spiro atoms. The zero-order valence-corrected chi connectivity index (χ0v) is 17.0. The van der Waals surface area contributed by atoms with E-state index in [-0.39, 0.29) is 6.03 Å². The second-order valence-corrected chi connectivity index (χ2v) is 8.56. The monoisotopic (exact) mass is 416 g/mol. The number of urea groups is 1. The van der Waals surface area contributed by atoms with Crippen LogP contribution in [-0.2, 0) is 0 Å². The Bertz CT molecular complexity index is 1230. The molecule has 2 aromatic heterocycles. The SMILES string of the molecule is C#Cc1nc(NC(=O)N2CC(c3ccc(-c4cccc5ncsc45)cc3)C2)cs1. The smallest absolute Gasteiger partial charge is 0.323 e.